The first-order chi connectivity index (χ1) is 10.1. The number of nitrogens with one attached hydrogen (secondary N) is 3. The van der Waals surface area contributed by atoms with E-state index in [-0.39, 0.29) is 10.9 Å². The van der Waals surface area contributed by atoms with E-state index in [4.69, 9.17) is 17.1 Å². The highest BCUT2D eigenvalue weighted by atomic mass is 32.1. The number of hydrogen-bond acceptors (Lipinski definition) is 5. The van der Waals surface area contributed by atoms with Gasteiger partial charge in [0.05, 0.1) is 12.5 Å². The molecule has 3 N–H and O–H groups in total. The lowest BCUT2D eigenvalue weighted by Gasteiger charge is -2.13. The molecule has 0 aliphatic heterocycles. The molecular formula is C14H19N3O3S. The Morgan fingerprint density at radius 3 is 2.57 bits per heavy atom. The van der Waals surface area contributed by atoms with Gasteiger partial charge in [-0.05, 0) is 25.6 Å². The molecule has 0 fully saturated rings. The van der Waals surface area contributed by atoms with E-state index in [0.717, 1.165) is 6.42 Å². The Morgan fingerprint density at radius 2 is 1.95 bits per heavy atom. The van der Waals surface area contributed by atoms with Gasteiger partial charge in [0.25, 0.3) is 0 Å². The van der Waals surface area contributed by atoms with Crippen LogP contribution in [0.25, 0.3) is 0 Å². The molecule has 1 aromatic carbocycles. The van der Waals surface area contributed by atoms with Crippen LogP contribution in [0.15, 0.2) is 30.3 Å². The van der Waals surface area contributed by atoms with Crippen LogP contribution in [0.2, 0.25) is 0 Å². The first kappa shape index (κ1) is 17.2. The second-order valence-corrected chi connectivity index (χ2v) is 4.75. The monoisotopic (exact) mass is 309 g/mol. The van der Waals surface area contributed by atoms with Crippen LogP contribution >= 0.6 is 12.2 Å². The van der Waals surface area contributed by atoms with Crippen molar-refractivity contribution in [2.75, 3.05) is 6.61 Å². The molecule has 1 amide bonds. The van der Waals surface area contributed by atoms with Crippen LogP contribution in [-0.2, 0) is 9.63 Å². The molecule has 0 saturated heterocycles. The number of Topliss-reactive ketones (excluding diaryl/α,β-unsaturated/α-hetero) is 1. The number of carbonyl (C=O) groups is 2. The van der Waals surface area contributed by atoms with Crippen molar-refractivity contribution < 1.29 is 14.4 Å². The van der Waals surface area contributed by atoms with Crippen LogP contribution in [0.3, 0.4) is 0 Å². The summed E-state index contributed by atoms with van der Waals surface area (Å²) in [5.74, 6) is -1.56. The summed E-state index contributed by atoms with van der Waals surface area (Å²) in [4.78, 5) is 29.0. The number of hydrazine groups is 1. The van der Waals surface area contributed by atoms with Crippen molar-refractivity contribution in [2.45, 2.75) is 20.3 Å². The number of benzene rings is 1. The number of rotatable bonds is 7. The summed E-state index contributed by atoms with van der Waals surface area (Å²) in [6.07, 6.45) is 0.844. The van der Waals surface area contributed by atoms with E-state index < -0.39 is 11.8 Å². The van der Waals surface area contributed by atoms with E-state index in [1.807, 2.05) is 13.0 Å². The Kier molecular flexibility index (Phi) is 7.52. The number of hydrogen-bond donors (Lipinski definition) is 3. The summed E-state index contributed by atoms with van der Waals surface area (Å²) in [6.45, 7) is 4.00. The normalized spacial score (nSPS) is 11.5. The molecule has 6 nitrogen and oxygen atoms in total. The Bertz CT molecular complexity index is 493. The van der Waals surface area contributed by atoms with Gasteiger partial charge in [-0.15, -0.1) is 5.59 Å². The average Bonchev–Trinajstić information content (AvgIpc) is 2.51. The average molecular weight is 309 g/mol. The first-order valence-electron chi connectivity index (χ1n) is 6.63. The molecule has 0 saturated carbocycles. The van der Waals surface area contributed by atoms with E-state index in [1.165, 1.54) is 6.92 Å². The van der Waals surface area contributed by atoms with Crippen molar-refractivity contribution in [2.24, 2.45) is 5.92 Å². The first-order valence-corrected chi connectivity index (χ1v) is 7.04. The molecule has 21 heavy (non-hydrogen) atoms. The van der Waals surface area contributed by atoms with Gasteiger partial charge in [0.15, 0.2) is 10.9 Å². The predicted molar refractivity (Wildman–Crippen MR) is 83.2 cm³/mol. The maximum Gasteiger partial charge on any atom is 0.236 e. The van der Waals surface area contributed by atoms with E-state index >= 15 is 0 Å². The molecule has 1 atom stereocenters. The summed E-state index contributed by atoms with van der Waals surface area (Å²) in [6, 6.07) is 8.65. The minimum Gasteiger partial charge on any atom is -0.301 e. The SMILES string of the molecule is CCCONNC(=S)NC(=O)C(C)C(=O)c1ccccc1. The predicted octanol–water partition coefficient (Wildman–Crippen LogP) is 1.34. The summed E-state index contributed by atoms with van der Waals surface area (Å²) in [7, 11) is 0. The molecule has 1 aromatic rings. The highest BCUT2D eigenvalue weighted by Crippen LogP contribution is 2.08. The number of ketones is 1. The van der Waals surface area contributed by atoms with Crippen molar-refractivity contribution >= 4 is 29.0 Å². The second kappa shape index (κ2) is 9.17. The van der Waals surface area contributed by atoms with Gasteiger partial charge in [0.1, 0.15) is 0 Å². The van der Waals surface area contributed by atoms with Crippen LogP contribution in [0.5, 0.6) is 0 Å². The lowest BCUT2D eigenvalue weighted by atomic mass is 9.99. The Balaban J connectivity index is 2.44. The van der Waals surface area contributed by atoms with Gasteiger partial charge in [-0.2, -0.15) is 0 Å². The molecule has 0 aromatic heterocycles. The minimum atomic E-state index is -0.830. The molecule has 1 unspecified atom stereocenters. The fourth-order valence-electron chi connectivity index (χ4n) is 1.46. The molecule has 0 heterocycles. The van der Waals surface area contributed by atoms with Gasteiger partial charge < -0.3 is 5.32 Å². The maximum atomic E-state index is 12.1. The fourth-order valence-corrected chi connectivity index (χ4v) is 1.60. The molecular weight excluding hydrogens is 290 g/mol. The highest BCUT2D eigenvalue weighted by Gasteiger charge is 2.23. The maximum absolute atomic E-state index is 12.1. The molecule has 0 aliphatic rings. The van der Waals surface area contributed by atoms with E-state index in [1.54, 1.807) is 24.3 Å². The van der Waals surface area contributed by atoms with Crippen molar-refractivity contribution in [3.8, 4) is 0 Å². The largest absolute Gasteiger partial charge is 0.301 e. The minimum absolute atomic E-state index is 0.0452. The molecule has 7 heteroatoms. The third-order valence-corrected chi connectivity index (χ3v) is 2.83. The number of amides is 1. The van der Waals surface area contributed by atoms with Gasteiger partial charge in [0, 0.05) is 5.56 Å². The smallest absolute Gasteiger partial charge is 0.236 e. The molecule has 0 spiro atoms. The topological polar surface area (TPSA) is 79.5 Å². The Hall–Kier alpha value is -1.83. The van der Waals surface area contributed by atoms with Crippen molar-refractivity contribution in [3.63, 3.8) is 0 Å². The Labute approximate surface area is 129 Å². The van der Waals surface area contributed by atoms with Gasteiger partial charge in [-0.25, -0.2) is 0 Å². The van der Waals surface area contributed by atoms with Crippen molar-refractivity contribution in [1.29, 1.82) is 0 Å². The number of carbonyl (C=O) groups excluding carboxylic acids is 2. The van der Waals surface area contributed by atoms with E-state index in [9.17, 15) is 9.59 Å². The van der Waals surface area contributed by atoms with Gasteiger partial charge in [0.2, 0.25) is 5.91 Å². The number of thiocarbonyl (C=S) groups is 1. The lowest BCUT2D eigenvalue weighted by molar-refractivity contribution is -0.121. The van der Waals surface area contributed by atoms with Gasteiger partial charge in [-0.3, -0.25) is 19.9 Å². The Morgan fingerprint density at radius 1 is 1.29 bits per heavy atom. The zero-order valence-electron chi connectivity index (χ0n) is 12.0. The summed E-state index contributed by atoms with van der Waals surface area (Å²) >= 11 is 4.91. The molecule has 1 rings (SSSR count). The molecule has 114 valence electrons. The standard InChI is InChI=1S/C14H19N3O3S/c1-3-9-20-17-16-14(21)15-13(19)10(2)12(18)11-7-5-4-6-8-11/h4-8,10,17H,3,9H2,1-2H3,(H2,15,16,19,21). The second-order valence-electron chi connectivity index (χ2n) is 4.35. The zero-order valence-corrected chi connectivity index (χ0v) is 12.8. The fraction of sp³-hybridized carbons (Fsp3) is 0.357. The van der Waals surface area contributed by atoms with Gasteiger partial charge in [-0.1, -0.05) is 37.3 Å². The zero-order chi connectivity index (χ0) is 15.7. The van der Waals surface area contributed by atoms with Crippen LogP contribution in [0, 0.1) is 5.92 Å². The van der Waals surface area contributed by atoms with Crippen molar-refractivity contribution in [1.82, 2.24) is 16.3 Å². The van der Waals surface area contributed by atoms with Crippen LogP contribution < -0.4 is 16.3 Å². The summed E-state index contributed by atoms with van der Waals surface area (Å²) in [5, 5.41) is 2.47. The third kappa shape index (κ3) is 5.99. The third-order valence-electron chi connectivity index (χ3n) is 2.62. The summed E-state index contributed by atoms with van der Waals surface area (Å²) < 4.78 is 0. The van der Waals surface area contributed by atoms with Crippen LogP contribution in [-0.4, -0.2) is 23.4 Å². The summed E-state index contributed by atoms with van der Waals surface area (Å²) in [5.41, 5.74) is 5.39. The van der Waals surface area contributed by atoms with Crippen LogP contribution in [0.1, 0.15) is 30.6 Å². The molecule has 0 radical (unpaired) electrons. The van der Waals surface area contributed by atoms with E-state index in [2.05, 4.69) is 16.3 Å². The quantitative estimate of drug-likeness (QED) is 0.232. The highest BCUT2D eigenvalue weighted by molar-refractivity contribution is 7.80. The van der Waals surface area contributed by atoms with Gasteiger partial charge >= 0.3 is 0 Å². The van der Waals surface area contributed by atoms with E-state index in [0.29, 0.717) is 12.2 Å². The molecule has 0 aliphatic carbocycles. The van der Waals surface area contributed by atoms with Crippen LogP contribution in [0.4, 0.5) is 0 Å². The van der Waals surface area contributed by atoms with Crippen molar-refractivity contribution in [3.05, 3.63) is 35.9 Å². The lowest BCUT2D eigenvalue weighted by Crippen LogP contribution is -2.48. The molecule has 0 bridgehead atoms.